The monoisotopic (exact) mass is 188 g/mol. The van der Waals surface area contributed by atoms with Crippen molar-refractivity contribution in [1.82, 2.24) is 0 Å². The third-order valence-electron chi connectivity index (χ3n) is 1.64. The van der Waals surface area contributed by atoms with Crippen LogP contribution in [0.15, 0.2) is 49.1 Å². The molecule has 14 heavy (non-hydrogen) atoms. The number of carbonyl (C=O) groups is 1. The van der Waals surface area contributed by atoms with E-state index in [1.807, 2.05) is 36.4 Å². The van der Waals surface area contributed by atoms with E-state index >= 15 is 0 Å². The maximum Gasteiger partial charge on any atom is 0.154 e. The number of hydrogen-bond donors (Lipinski definition) is 0. The molecule has 0 spiro atoms. The predicted molar refractivity (Wildman–Crippen MR) is 62.0 cm³/mol. The number of allylic oxidation sites excluding steroid dienone is 1. The van der Waals surface area contributed by atoms with Gasteiger partial charge in [-0.2, -0.15) is 0 Å². The van der Waals surface area contributed by atoms with E-state index in [9.17, 15) is 4.79 Å². The summed E-state index contributed by atoms with van der Waals surface area (Å²) in [6.45, 7) is 10.2. The summed E-state index contributed by atoms with van der Waals surface area (Å²) in [6.07, 6.45) is 1.83. The van der Waals surface area contributed by atoms with Crippen molar-refractivity contribution >= 4 is 11.9 Å². The van der Waals surface area contributed by atoms with E-state index in [0.717, 1.165) is 0 Å². The van der Waals surface area contributed by atoms with Gasteiger partial charge >= 0.3 is 0 Å². The molecular weight excluding hydrogens is 172 g/mol. The molecule has 1 aromatic carbocycles. The van der Waals surface area contributed by atoms with Gasteiger partial charge in [0.05, 0.1) is 0 Å². The third-order valence-corrected chi connectivity index (χ3v) is 1.64. The summed E-state index contributed by atoms with van der Waals surface area (Å²) in [5, 5.41) is 0. The van der Waals surface area contributed by atoms with Crippen molar-refractivity contribution in [3.8, 4) is 0 Å². The quantitative estimate of drug-likeness (QED) is 0.649. The van der Waals surface area contributed by atoms with Crippen molar-refractivity contribution in [2.45, 2.75) is 13.8 Å². The second kappa shape index (κ2) is 6.84. The molecule has 1 nitrogen and oxygen atoms in total. The predicted octanol–water partition coefficient (Wildman–Crippen LogP) is 3.48. The minimum Gasteiger partial charge on any atom is -0.295 e. The molecule has 0 N–H and O–H groups in total. The van der Waals surface area contributed by atoms with Crippen LogP contribution < -0.4 is 0 Å². The highest BCUT2D eigenvalue weighted by molar-refractivity contribution is 5.91. The highest BCUT2D eigenvalue weighted by atomic mass is 16.1. The summed E-state index contributed by atoms with van der Waals surface area (Å²) in [5.74, 6) is 0.0648. The maximum absolute atomic E-state index is 10.0. The third kappa shape index (κ3) is 5.95. The number of benzene rings is 1. The van der Waals surface area contributed by atoms with Gasteiger partial charge in [0.2, 0.25) is 0 Å². The lowest BCUT2D eigenvalue weighted by atomic mass is 10.2. The smallest absolute Gasteiger partial charge is 0.154 e. The molecule has 74 valence electrons. The fourth-order valence-corrected chi connectivity index (χ4v) is 0.589. The maximum atomic E-state index is 10.0. The summed E-state index contributed by atoms with van der Waals surface area (Å²) < 4.78 is 0. The average Bonchev–Trinajstić information content (AvgIpc) is 2.20. The van der Waals surface area contributed by atoms with Gasteiger partial charge in [-0.05, 0) is 25.0 Å². The minimum absolute atomic E-state index is 0.0648. The van der Waals surface area contributed by atoms with Crippen LogP contribution in [0.5, 0.6) is 0 Å². The molecule has 0 heterocycles. The van der Waals surface area contributed by atoms with Crippen LogP contribution >= 0.6 is 0 Å². The van der Waals surface area contributed by atoms with Gasteiger partial charge in [-0.3, -0.25) is 4.79 Å². The van der Waals surface area contributed by atoms with Crippen LogP contribution in [0.1, 0.15) is 19.4 Å². The molecule has 1 rings (SSSR count). The molecule has 0 radical (unpaired) electrons. The van der Waals surface area contributed by atoms with E-state index in [4.69, 9.17) is 0 Å². The van der Waals surface area contributed by atoms with Crippen LogP contribution in [-0.2, 0) is 4.79 Å². The summed E-state index contributed by atoms with van der Waals surface area (Å²) >= 11 is 0. The summed E-state index contributed by atoms with van der Waals surface area (Å²) in [7, 11) is 0. The van der Waals surface area contributed by atoms with Gasteiger partial charge in [0.25, 0.3) is 0 Å². The van der Waals surface area contributed by atoms with Crippen LogP contribution in [0.3, 0.4) is 0 Å². The van der Waals surface area contributed by atoms with Crippen LogP contribution in [0.25, 0.3) is 6.08 Å². The lowest BCUT2D eigenvalue weighted by molar-refractivity contribution is -0.113. The molecule has 0 amide bonds. The first kappa shape index (κ1) is 12.4. The molecule has 0 saturated heterocycles. The molecule has 1 heteroatoms. The Balaban J connectivity index is 0.000000255. The first-order valence-electron chi connectivity index (χ1n) is 4.42. The zero-order chi connectivity index (χ0) is 11.0. The van der Waals surface area contributed by atoms with Gasteiger partial charge in [0.1, 0.15) is 0 Å². The largest absolute Gasteiger partial charge is 0.295 e. The summed E-state index contributed by atoms with van der Waals surface area (Å²) in [6, 6.07) is 10.0. The lowest BCUT2D eigenvalue weighted by Crippen LogP contribution is -1.86. The van der Waals surface area contributed by atoms with E-state index in [-0.39, 0.29) is 5.78 Å². The molecule has 0 saturated carbocycles. The Labute approximate surface area is 85.8 Å². The Kier molecular flexibility index (Phi) is 6.04. The number of ketones is 1. The molecule has 1 aromatic rings. The zero-order valence-electron chi connectivity index (χ0n) is 8.79. The number of Topliss-reactive ketones (excluding diaryl/α,β-unsaturated/α-hetero) is 1. The lowest BCUT2D eigenvalue weighted by Gasteiger charge is -1.85. The molecule has 0 aliphatic heterocycles. The van der Waals surface area contributed by atoms with E-state index in [1.54, 1.807) is 6.92 Å². The van der Waals surface area contributed by atoms with Crippen LogP contribution in [-0.4, -0.2) is 5.78 Å². The summed E-state index contributed by atoms with van der Waals surface area (Å²) in [4.78, 5) is 10.0. The molecule has 0 aromatic heterocycles. The van der Waals surface area contributed by atoms with Crippen molar-refractivity contribution in [2.75, 3.05) is 0 Å². The van der Waals surface area contributed by atoms with Crippen LogP contribution in [0.4, 0.5) is 0 Å². The summed E-state index contributed by atoms with van der Waals surface area (Å²) in [5.41, 5.74) is 1.79. The van der Waals surface area contributed by atoms with E-state index in [2.05, 4.69) is 13.2 Å². The van der Waals surface area contributed by atoms with Crippen molar-refractivity contribution in [3.05, 3.63) is 54.6 Å². The standard InChI is InChI=1S/C8H8.C5H8O/c1-2-8-6-4-3-5-7-8;1-4(2)5(3)6/h2-7H,1H2;1H2,2-3H3. The number of rotatable bonds is 2. The number of hydrogen-bond acceptors (Lipinski definition) is 1. The Morgan fingerprint density at radius 2 is 1.64 bits per heavy atom. The van der Waals surface area contributed by atoms with Crippen molar-refractivity contribution in [3.63, 3.8) is 0 Å². The number of carbonyl (C=O) groups excluding carboxylic acids is 1. The van der Waals surface area contributed by atoms with Crippen molar-refractivity contribution < 1.29 is 4.79 Å². The first-order valence-corrected chi connectivity index (χ1v) is 4.42. The highest BCUT2D eigenvalue weighted by Gasteiger charge is 1.85. The first-order chi connectivity index (χ1) is 6.57. The molecule has 0 atom stereocenters. The van der Waals surface area contributed by atoms with Gasteiger partial charge in [-0.1, -0.05) is 49.6 Å². The fourth-order valence-electron chi connectivity index (χ4n) is 0.589. The van der Waals surface area contributed by atoms with Crippen LogP contribution in [0.2, 0.25) is 0 Å². The van der Waals surface area contributed by atoms with Gasteiger partial charge in [-0.25, -0.2) is 0 Å². The van der Waals surface area contributed by atoms with E-state index < -0.39 is 0 Å². The second-order valence-electron chi connectivity index (χ2n) is 2.95. The second-order valence-corrected chi connectivity index (χ2v) is 2.95. The Morgan fingerprint density at radius 3 is 1.86 bits per heavy atom. The SMILES string of the molecule is C=C(C)C(C)=O.C=Cc1ccccc1. The molecule has 0 aliphatic rings. The average molecular weight is 188 g/mol. The molecule has 0 aliphatic carbocycles. The van der Waals surface area contributed by atoms with Gasteiger partial charge < -0.3 is 0 Å². The topological polar surface area (TPSA) is 17.1 Å². The normalized spacial score (nSPS) is 8.14. The minimum atomic E-state index is 0.0648. The molecule has 0 fully saturated rings. The highest BCUT2D eigenvalue weighted by Crippen LogP contribution is 1.97. The molecular formula is C13H16O. The molecule has 0 unspecified atom stereocenters. The van der Waals surface area contributed by atoms with Gasteiger partial charge in [0, 0.05) is 0 Å². The van der Waals surface area contributed by atoms with E-state index in [1.165, 1.54) is 12.5 Å². The Morgan fingerprint density at radius 1 is 1.21 bits per heavy atom. The van der Waals surface area contributed by atoms with E-state index in [0.29, 0.717) is 5.57 Å². The fraction of sp³-hybridized carbons (Fsp3) is 0.154. The van der Waals surface area contributed by atoms with Crippen LogP contribution in [0, 0.1) is 0 Å². The van der Waals surface area contributed by atoms with Crippen molar-refractivity contribution in [1.29, 1.82) is 0 Å². The van der Waals surface area contributed by atoms with Crippen molar-refractivity contribution in [2.24, 2.45) is 0 Å². The molecule has 0 bridgehead atoms. The van der Waals surface area contributed by atoms with Gasteiger partial charge in [-0.15, -0.1) is 0 Å². The zero-order valence-corrected chi connectivity index (χ0v) is 8.79. The van der Waals surface area contributed by atoms with Gasteiger partial charge in [0.15, 0.2) is 5.78 Å². The Hall–Kier alpha value is -1.63. The Bertz CT molecular complexity index is 297.